The van der Waals surface area contributed by atoms with E-state index in [1.165, 1.54) is 7.11 Å². The van der Waals surface area contributed by atoms with Gasteiger partial charge in [0.15, 0.2) is 0 Å². The van der Waals surface area contributed by atoms with E-state index < -0.39 is 17.1 Å². The lowest BCUT2D eigenvalue weighted by Crippen LogP contribution is -2.33. The van der Waals surface area contributed by atoms with Crippen LogP contribution in [0.5, 0.6) is 5.75 Å². The number of rotatable bonds is 5. The first-order valence-corrected chi connectivity index (χ1v) is 6.93. The van der Waals surface area contributed by atoms with E-state index >= 15 is 0 Å². The Morgan fingerprint density at radius 3 is 2.76 bits per heavy atom. The van der Waals surface area contributed by atoms with Crippen molar-refractivity contribution in [1.29, 1.82) is 0 Å². The normalized spacial score (nSPS) is 16.6. The van der Waals surface area contributed by atoms with Crippen LogP contribution in [0.25, 0.3) is 6.08 Å². The number of benzene rings is 1. The van der Waals surface area contributed by atoms with E-state index in [4.69, 9.17) is 4.74 Å². The first kappa shape index (κ1) is 15.1. The van der Waals surface area contributed by atoms with Crippen molar-refractivity contribution in [3.05, 3.63) is 34.7 Å². The number of nitrogens with zero attached hydrogens (tertiary/aromatic N) is 1. The molecule has 110 valence electrons. The van der Waals surface area contributed by atoms with E-state index in [1.54, 1.807) is 30.3 Å². The molecule has 0 saturated carbocycles. The standard InChI is InChI=1S/C14H13NO5S/c1-20-10-5-3-2-4-9(10)8-11-13(18)15(14(19)21-11)7-6-12(16)17/h2-5,8H,6-7H2,1H3,(H,16,17)/p-1/b11-8-. The van der Waals surface area contributed by atoms with Crippen molar-refractivity contribution in [2.75, 3.05) is 13.7 Å². The molecule has 1 aromatic carbocycles. The Morgan fingerprint density at radius 2 is 2.10 bits per heavy atom. The summed E-state index contributed by atoms with van der Waals surface area (Å²) in [6.07, 6.45) is 1.18. The summed E-state index contributed by atoms with van der Waals surface area (Å²) >= 11 is 0.777. The largest absolute Gasteiger partial charge is 0.550 e. The number of carboxylic acid groups (broad SMARTS) is 1. The van der Waals surface area contributed by atoms with Gasteiger partial charge < -0.3 is 14.6 Å². The second kappa shape index (κ2) is 6.45. The van der Waals surface area contributed by atoms with Gasteiger partial charge in [-0.1, -0.05) is 18.2 Å². The van der Waals surface area contributed by atoms with Gasteiger partial charge in [-0.2, -0.15) is 0 Å². The Kier molecular flexibility index (Phi) is 4.64. The number of amides is 2. The van der Waals surface area contributed by atoms with E-state index in [0.717, 1.165) is 16.7 Å². The van der Waals surface area contributed by atoms with E-state index in [1.807, 2.05) is 0 Å². The van der Waals surface area contributed by atoms with Crippen LogP contribution in [0.1, 0.15) is 12.0 Å². The molecule has 0 unspecified atom stereocenters. The Bertz CT molecular complexity index is 626. The molecule has 6 nitrogen and oxygen atoms in total. The second-order valence-corrected chi connectivity index (χ2v) is 5.19. The van der Waals surface area contributed by atoms with Gasteiger partial charge in [-0.15, -0.1) is 0 Å². The predicted octanol–water partition coefficient (Wildman–Crippen LogP) is 0.871. The van der Waals surface area contributed by atoms with Crippen molar-refractivity contribution in [2.24, 2.45) is 0 Å². The van der Waals surface area contributed by atoms with Crippen LogP contribution in [-0.4, -0.2) is 35.7 Å². The van der Waals surface area contributed by atoms with Gasteiger partial charge in [0.2, 0.25) is 0 Å². The molecule has 1 fully saturated rings. The lowest BCUT2D eigenvalue weighted by atomic mass is 10.2. The third-order valence-corrected chi connectivity index (χ3v) is 3.75. The van der Waals surface area contributed by atoms with Crippen LogP contribution in [-0.2, 0) is 9.59 Å². The molecule has 1 aliphatic heterocycles. The highest BCUT2D eigenvalue weighted by atomic mass is 32.2. The van der Waals surface area contributed by atoms with Crippen LogP contribution >= 0.6 is 11.8 Å². The molecule has 0 aromatic heterocycles. The number of imide groups is 1. The quantitative estimate of drug-likeness (QED) is 0.750. The fourth-order valence-electron chi connectivity index (χ4n) is 1.82. The molecule has 2 amide bonds. The molecule has 1 heterocycles. The Balaban J connectivity index is 2.22. The SMILES string of the molecule is COc1ccccc1/C=C1\SC(=O)N(CCC(=O)[O-])C1=O. The minimum Gasteiger partial charge on any atom is -0.550 e. The molecule has 0 aliphatic carbocycles. The van der Waals surface area contributed by atoms with Crippen LogP contribution in [0, 0.1) is 0 Å². The third kappa shape index (κ3) is 3.43. The van der Waals surface area contributed by atoms with Crippen LogP contribution in [0.4, 0.5) is 4.79 Å². The van der Waals surface area contributed by atoms with Crippen molar-refractivity contribution < 1.29 is 24.2 Å². The number of hydrogen-bond acceptors (Lipinski definition) is 6. The molecule has 0 spiro atoms. The average Bonchev–Trinajstić information content (AvgIpc) is 2.72. The minimum absolute atomic E-state index is 0.184. The summed E-state index contributed by atoms with van der Waals surface area (Å²) in [5, 5.41) is 9.94. The smallest absolute Gasteiger partial charge is 0.293 e. The number of methoxy groups -OCH3 is 1. The van der Waals surface area contributed by atoms with Crippen molar-refractivity contribution in [3.8, 4) is 5.75 Å². The van der Waals surface area contributed by atoms with Crippen molar-refractivity contribution in [3.63, 3.8) is 0 Å². The zero-order chi connectivity index (χ0) is 15.4. The van der Waals surface area contributed by atoms with Gasteiger partial charge in [0.25, 0.3) is 11.1 Å². The lowest BCUT2D eigenvalue weighted by molar-refractivity contribution is -0.305. The molecule has 0 atom stereocenters. The van der Waals surface area contributed by atoms with Crippen LogP contribution in [0.15, 0.2) is 29.2 Å². The molecule has 1 aliphatic rings. The number of para-hydroxylation sites is 1. The molecule has 0 bridgehead atoms. The third-order valence-electron chi connectivity index (χ3n) is 2.84. The van der Waals surface area contributed by atoms with Gasteiger partial charge in [-0.25, -0.2) is 0 Å². The fourth-order valence-corrected chi connectivity index (χ4v) is 2.68. The highest BCUT2D eigenvalue weighted by Gasteiger charge is 2.34. The molecule has 0 radical (unpaired) electrons. The number of carbonyl (C=O) groups is 3. The van der Waals surface area contributed by atoms with Crippen LogP contribution < -0.4 is 9.84 Å². The minimum atomic E-state index is -1.30. The van der Waals surface area contributed by atoms with Crippen LogP contribution in [0.2, 0.25) is 0 Å². The zero-order valence-electron chi connectivity index (χ0n) is 11.2. The maximum absolute atomic E-state index is 12.1. The Hall–Kier alpha value is -2.28. The van der Waals surface area contributed by atoms with E-state index in [-0.39, 0.29) is 17.9 Å². The number of carboxylic acids is 1. The van der Waals surface area contributed by atoms with Gasteiger partial charge in [0, 0.05) is 24.5 Å². The van der Waals surface area contributed by atoms with Crippen molar-refractivity contribution in [2.45, 2.75) is 6.42 Å². The van der Waals surface area contributed by atoms with Crippen molar-refractivity contribution >= 4 is 35.0 Å². The summed E-state index contributed by atoms with van der Waals surface area (Å²) < 4.78 is 5.17. The average molecular weight is 306 g/mol. The van der Waals surface area contributed by atoms with Gasteiger partial charge in [-0.3, -0.25) is 14.5 Å². The van der Waals surface area contributed by atoms with Crippen LogP contribution in [0.3, 0.4) is 0 Å². The maximum Gasteiger partial charge on any atom is 0.293 e. The Labute approximate surface area is 125 Å². The van der Waals surface area contributed by atoms with E-state index in [0.29, 0.717) is 11.3 Å². The molecule has 1 aromatic rings. The fraction of sp³-hybridized carbons (Fsp3) is 0.214. The number of carbonyl (C=O) groups excluding carboxylic acids is 3. The monoisotopic (exact) mass is 306 g/mol. The zero-order valence-corrected chi connectivity index (χ0v) is 12.0. The molecular weight excluding hydrogens is 294 g/mol. The first-order valence-electron chi connectivity index (χ1n) is 6.11. The van der Waals surface area contributed by atoms with Gasteiger partial charge in [0.05, 0.1) is 12.0 Å². The number of ether oxygens (including phenoxy) is 1. The van der Waals surface area contributed by atoms with Gasteiger partial charge in [0.1, 0.15) is 5.75 Å². The lowest BCUT2D eigenvalue weighted by Gasteiger charge is -2.12. The second-order valence-electron chi connectivity index (χ2n) is 4.20. The number of hydrogen-bond donors (Lipinski definition) is 0. The molecular formula is C14H12NO5S-. The highest BCUT2D eigenvalue weighted by Crippen LogP contribution is 2.33. The van der Waals surface area contributed by atoms with E-state index in [2.05, 4.69) is 0 Å². The molecule has 2 rings (SSSR count). The summed E-state index contributed by atoms with van der Waals surface area (Å²) in [4.78, 5) is 35.4. The maximum atomic E-state index is 12.1. The van der Waals surface area contributed by atoms with Gasteiger partial charge >= 0.3 is 0 Å². The van der Waals surface area contributed by atoms with Gasteiger partial charge in [-0.05, 0) is 23.9 Å². The first-order chi connectivity index (χ1) is 10.0. The molecule has 21 heavy (non-hydrogen) atoms. The summed E-state index contributed by atoms with van der Waals surface area (Å²) in [5.74, 6) is -1.22. The Morgan fingerprint density at radius 1 is 1.38 bits per heavy atom. The van der Waals surface area contributed by atoms with E-state index in [9.17, 15) is 19.5 Å². The topological polar surface area (TPSA) is 86.7 Å². The molecule has 7 heteroatoms. The number of aliphatic carboxylic acids is 1. The summed E-state index contributed by atoms with van der Waals surface area (Å²) in [7, 11) is 1.51. The summed E-state index contributed by atoms with van der Waals surface area (Å²) in [5.41, 5.74) is 0.672. The predicted molar refractivity (Wildman–Crippen MR) is 75.3 cm³/mol. The highest BCUT2D eigenvalue weighted by molar-refractivity contribution is 8.18. The molecule has 1 saturated heterocycles. The summed E-state index contributed by atoms with van der Waals surface area (Å²) in [6.45, 7) is -0.184. The number of thioether (sulfide) groups is 1. The van der Waals surface area contributed by atoms with Crippen molar-refractivity contribution in [1.82, 2.24) is 4.90 Å². The molecule has 0 N–H and O–H groups in total. The summed E-state index contributed by atoms with van der Waals surface area (Å²) in [6, 6.07) is 7.08.